The summed E-state index contributed by atoms with van der Waals surface area (Å²) >= 11 is 0. The molecule has 4 atom stereocenters. The molecule has 1 aromatic rings. The van der Waals surface area contributed by atoms with Crippen molar-refractivity contribution in [1.29, 1.82) is 0 Å². The van der Waals surface area contributed by atoms with Gasteiger partial charge >= 0.3 is 0 Å². The van der Waals surface area contributed by atoms with Gasteiger partial charge in [-0.15, -0.1) is 0 Å². The number of benzene rings is 1. The van der Waals surface area contributed by atoms with E-state index in [0.29, 0.717) is 6.61 Å². The van der Waals surface area contributed by atoms with Gasteiger partial charge in [-0.3, -0.25) is 0 Å². The third-order valence-corrected chi connectivity index (χ3v) is 4.84. The van der Waals surface area contributed by atoms with Crippen LogP contribution in [0.2, 0.25) is 0 Å². The normalized spacial score (nSPS) is 34.7. The first-order chi connectivity index (χ1) is 12.3. The van der Waals surface area contributed by atoms with E-state index in [-0.39, 0.29) is 24.4 Å². The van der Waals surface area contributed by atoms with Crippen molar-refractivity contribution >= 4 is 5.76 Å². The summed E-state index contributed by atoms with van der Waals surface area (Å²) in [6.07, 6.45) is 1.00. The molecule has 0 radical (unpaired) electrons. The molecule has 2 fully saturated rings. The monoisotopic (exact) mass is 362 g/mol. The minimum absolute atomic E-state index is 0.201. The average molecular weight is 362 g/mol. The molecule has 26 heavy (non-hydrogen) atoms. The van der Waals surface area contributed by atoms with Crippen molar-refractivity contribution in [3.63, 3.8) is 0 Å². The second kappa shape index (κ2) is 6.23. The fourth-order valence-corrected chi connectivity index (χ4v) is 3.69. The lowest BCUT2D eigenvalue weighted by molar-refractivity contribution is -0.177. The summed E-state index contributed by atoms with van der Waals surface area (Å²) in [5, 5.41) is 0. The lowest BCUT2D eigenvalue weighted by Crippen LogP contribution is -2.48. The van der Waals surface area contributed by atoms with Crippen LogP contribution in [0, 0.1) is 0 Å². The molecule has 0 saturated carbocycles. The number of fused-ring (bicyclic) bond motifs is 1. The summed E-state index contributed by atoms with van der Waals surface area (Å²) < 4.78 is 35.6. The van der Waals surface area contributed by atoms with Gasteiger partial charge in [0.05, 0.1) is 13.7 Å². The van der Waals surface area contributed by atoms with Gasteiger partial charge in [0.15, 0.2) is 17.7 Å². The average Bonchev–Trinajstić information content (AvgIpc) is 3.11. The predicted octanol–water partition coefficient (Wildman–Crippen LogP) is 3.11. The molecule has 0 N–H and O–H groups in total. The molecule has 1 aromatic carbocycles. The summed E-state index contributed by atoms with van der Waals surface area (Å²) in [5.41, 5.74) is 0.959. The van der Waals surface area contributed by atoms with Crippen LogP contribution in [-0.4, -0.2) is 49.7 Å². The van der Waals surface area contributed by atoms with Crippen molar-refractivity contribution in [3.05, 3.63) is 35.9 Å². The third kappa shape index (κ3) is 3.34. The first-order valence-corrected chi connectivity index (χ1v) is 8.97. The van der Waals surface area contributed by atoms with E-state index >= 15 is 0 Å². The number of hydrogen-bond acceptors (Lipinski definition) is 6. The molecule has 0 unspecified atom stereocenters. The van der Waals surface area contributed by atoms with Gasteiger partial charge in [0.1, 0.15) is 29.8 Å². The third-order valence-electron chi connectivity index (χ3n) is 4.84. The molecule has 142 valence electrons. The molecular weight excluding hydrogens is 336 g/mol. The molecule has 0 aliphatic carbocycles. The molecule has 3 aliphatic rings. The van der Waals surface area contributed by atoms with Gasteiger partial charge in [-0.2, -0.15) is 0 Å². The zero-order valence-corrected chi connectivity index (χ0v) is 15.9. The maximum absolute atomic E-state index is 6.34. The Hall–Kier alpha value is -1.60. The van der Waals surface area contributed by atoms with Crippen molar-refractivity contribution in [2.45, 2.75) is 63.7 Å². The van der Waals surface area contributed by atoms with Crippen molar-refractivity contribution < 1.29 is 28.4 Å². The number of ether oxygens (including phenoxy) is 6. The van der Waals surface area contributed by atoms with Gasteiger partial charge in [-0.25, -0.2) is 0 Å². The first-order valence-electron chi connectivity index (χ1n) is 8.97. The van der Waals surface area contributed by atoms with E-state index in [9.17, 15) is 0 Å². The van der Waals surface area contributed by atoms with Crippen LogP contribution in [0.4, 0.5) is 0 Å². The lowest BCUT2D eigenvalue weighted by atomic mass is 9.98. The van der Waals surface area contributed by atoms with E-state index in [1.165, 1.54) is 0 Å². The minimum atomic E-state index is -0.669. The van der Waals surface area contributed by atoms with E-state index in [0.717, 1.165) is 17.1 Å². The molecule has 6 nitrogen and oxygen atoms in total. The van der Waals surface area contributed by atoms with Crippen molar-refractivity contribution in [3.8, 4) is 5.75 Å². The molecule has 6 heteroatoms. The topological polar surface area (TPSA) is 55.4 Å². The van der Waals surface area contributed by atoms with Crippen LogP contribution in [0.3, 0.4) is 0 Å². The first kappa shape index (κ1) is 17.8. The number of methoxy groups -OCH3 is 1. The Morgan fingerprint density at radius 2 is 1.65 bits per heavy atom. The quantitative estimate of drug-likeness (QED) is 0.824. The Morgan fingerprint density at radius 1 is 0.923 bits per heavy atom. The van der Waals surface area contributed by atoms with E-state index in [1.807, 2.05) is 58.0 Å². The Balaban J connectivity index is 1.63. The minimum Gasteiger partial charge on any atom is -0.497 e. The zero-order valence-electron chi connectivity index (χ0n) is 15.9. The summed E-state index contributed by atoms with van der Waals surface area (Å²) in [6, 6.07) is 7.77. The summed E-state index contributed by atoms with van der Waals surface area (Å²) in [7, 11) is 1.65. The molecule has 4 rings (SSSR count). The largest absolute Gasteiger partial charge is 0.497 e. The fourth-order valence-electron chi connectivity index (χ4n) is 3.69. The van der Waals surface area contributed by atoms with E-state index < -0.39 is 11.6 Å². The zero-order chi connectivity index (χ0) is 18.5. The highest BCUT2D eigenvalue weighted by molar-refractivity contribution is 5.62. The fraction of sp³-hybridized carbons (Fsp3) is 0.600. The highest BCUT2D eigenvalue weighted by Crippen LogP contribution is 2.41. The van der Waals surface area contributed by atoms with Crippen LogP contribution < -0.4 is 4.74 Å². The molecule has 3 heterocycles. The van der Waals surface area contributed by atoms with E-state index in [1.54, 1.807) is 7.11 Å². The summed E-state index contributed by atoms with van der Waals surface area (Å²) in [5.74, 6) is 0.265. The maximum Gasteiger partial charge on any atom is 0.164 e. The number of hydrogen-bond donors (Lipinski definition) is 0. The van der Waals surface area contributed by atoms with Gasteiger partial charge in [0.2, 0.25) is 0 Å². The molecule has 0 bridgehead atoms. The van der Waals surface area contributed by atoms with E-state index in [2.05, 4.69) is 0 Å². The van der Waals surface area contributed by atoms with Crippen LogP contribution >= 0.6 is 0 Å². The number of rotatable bonds is 3. The highest BCUT2D eigenvalue weighted by atomic mass is 16.8. The Bertz CT molecular complexity index is 693. The van der Waals surface area contributed by atoms with Crippen LogP contribution in [0.15, 0.2) is 30.3 Å². The standard InChI is InChI=1S/C20H26O6/c1-19(2)22-11-16(25-19)17-18-15(24-20(3,4)26-18)10-14(23-17)12-6-8-13(21-5)9-7-12/h6-10,15-18H,11H2,1-5H3/t15-,16-,17-,18-/m1/s1. The van der Waals surface area contributed by atoms with Gasteiger partial charge in [-0.1, -0.05) is 0 Å². The van der Waals surface area contributed by atoms with Gasteiger partial charge < -0.3 is 28.4 Å². The van der Waals surface area contributed by atoms with Crippen LogP contribution in [0.1, 0.15) is 33.3 Å². The van der Waals surface area contributed by atoms with Crippen molar-refractivity contribution in [1.82, 2.24) is 0 Å². The molecule has 0 aromatic heterocycles. The predicted molar refractivity (Wildman–Crippen MR) is 94.6 cm³/mol. The van der Waals surface area contributed by atoms with Gasteiger partial charge in [-0.05, 0) is 58.0 Å². The summed E-state index contributed by atoms with van der Waals surface area (Å²) in [4.78, 5) is 0. The molecular formula is C20H26O6. The van der Waals surface area contributed by atoms with Crippen LogP contribution in [0.5, 0.6) is 5.75 Å². The maximum atomic E-state index is 6.34. The highest BCUT2D eigenvalue weighted by Gasteiger charge is 2.53. The molecule has 3 aliphatic heterocycles. The smallest absolute Gasteiger partial charge is 0.164 e. The molecule has 0 amide bonds. The molecule has 2 saturated heterocycles. The summed E-state index contributed by atoms with van der Waals surface area (Å²) in [6.45, 7) is 8.10. The van der Waals surface area contributed by atoms with Gasteiger partial charge in [0, 0.05) is 5.56 Å². The Morgan fingerprint density at radius 3 is 2.27 bits per heavy atom. The second-order valence-corrected chi connectivity index (χ2v) is 7.77. The Kier molecular flexibility index (Phi) is 4.27. The molecule has 0 spiro atoms. The van der Waals surface area contributed by atoms with Gasteiger partial charge in [0.25, 0.3) is 0 Å². The second-order valence-electron chi connectivity index (χ2n) is 7.77. The van der Waals surface area contributed by atoms with Crippen LogP contribution in [0.25, 0.3) is 5.76 Å². The van der Waals surface area contributed by atoms with Crippen molar-refractivity contribution in [2.24, 2.45) is 0 Å². The van der Waals surface area contributed by atoms with Crippen molar-refractivity contribution in [2.75, 3.05) is 13.7 Å². The SMILES string of the molecule is COc1ccc(C2=C[C@H]3OC(C)(C)O[C@H]3[C@@H]([C@H]3COC(C)(C)O3)O2)cc1. The van der Waals surface area contributed by atoms with E-state index in [4.69, 9.17) is 28.4 Å². The Labute approximate surface area is 154 Å². The van der Waals surface area contributed by atoms with Crippen LogP contribution in [-0.2, 0) is 23.7 Å². The lowest BCUT2D eigenvalue weighted by Gasteiger charge is -2.35.